The summed E-state index contributed by atoms with van der Waals surface area (Å²) in [5, 5.41) is 17.8. The van der Waals surface area contributed by atoms with Gasteiger partial charge in [0.25, 0.3) is 0 Å². The molecule has 0 aliphatic heterocycles. The quantitative estimate of drug-likeness (QED) is 0.697. The second kappa shape index (κ2) is 4.14. The average molecular weight is 200 g/mol. The lowest BCUT2D eigenvalue weighted by Crippen LogP contribution is -2.13. The van der Waals surface area contributed by atoms with Gasteiger partial charge < -0.3 is 4.57 Å². The number of nitriles is 2. The molecule has 0 N–H and O–H groups in total. The van der Waals surface area contributed by atoms with Crippen LogP contribution in [0.3, 0.4) is 0 Å². The van der Waals surface area contributed by atoms with Crippen LogP contribution in [0.4, 0.5) is 0 Å². The summed E-state index contributed by atoms with van der Waals surface area (Å²) in [6.45, 7) is 0. The molecule has 1 heterocycles. The normalized spacial score (nSPS) is 16.9. The van der Waals surface area contributed by atoms with E-state index in [1.54, 1.807) is 6.33 Å². The van der Waals surface area contributed by atoms with Crippen molar-refractivity contribution in [2.75, 3.05) is 0 Å². The number of aromatic nitrogens is 2. The molecular weight excluding hydrogens is 188 g/mol. The van der Waals surface area contributed by atoms with Crippen molar-refractivity contribution in [2.24, 2.45) is 0 Å². The summed E-state index contributed by atoms with van der Waals surface area (Å²) in [6, 6.07) is 4.39. The van der Waals surface area contributed by atoms with Crippen LogP contribution in [0.2, 0.25) is 0 Å². The first kappa shape index (κ1) is 9.73. The van der Waals surface area contributed by atoms with Gasteiger partial charge in [0.05, 0.1) is 6.33 Å². The van der Waals surface area contributed by atoms with Crippen LogP contribution in [0.15, 0.2) is 6.33 Å². The van der Waals surface area contributed by atoms with E-state index in [1.807, 2.05) is 10.6 Å². The van der Waals surface area contributed by atoms with E-state index in [0.717, 1.165) is 12.8 Å². The summed E-state index contributed by atoms with van der Waals surface area (Å²) in [4.78, 5) is 3.96. The molecule has 4 heteroatoms. The minimum atomic E-state index is 0.253. The van der Waals surface area contributed by atoms with Crippen molar-refractivity contribution in [2.45, 2.75) is 38.1 Å². The predicted molar refractivity (Wildman–Crippen MR) is 53.8 cm³/mol. The lowest BCUT2D eigenvalue weighted by atomic mass is 9.95. The Labute approximate surface area is 88.8 Å². The van der Waals surface area contributed by atoms with E-state index in [0.29, 0.717) is 11.7 Å². The fourth-order valence-corrected chi connectivity index (χ4v) is 2.19. The summed E-state index contributed by atoms with van der Waals surface area (Å²) in [5.41, 5.74) is 0.674. The summed E-state index contributed by atoms with van der Waals surface area (Å²) in [5.74, 6) is 0. The molecule has 15 heavy (non-hydrogen) atoms. The Morgan fingerprint density at radius 2 is 1.93 bits per heavy atom. The van der Waals surface area contributed by atoms with Crippen LogP contribution in [-0.4, -0.2) is 9.55 Å². The standard InChI is InChI=1S/C11H12N4/c12-6-10-11(7-13)15(8-14-10)9-4-2-1-3-5-9/h8-9H,1-5H2. The van der Waals surface area contributed by atoms with Crippen LogP contribution >= 0.6 is 0 Å². The molecule has 0 amide bonds. The number of imidazole rings is 1. The lowest BCUT2D eigenvalue weighted by Gasteiger charge is -2.23. The molecule has 0 aromatic carbocycles. The minimum Gasteiger partial charge on any atom is -0.318 e. The predicted octanol–water partition coefficient (Wildman–Crippen LogP) is 2.13. The molecule has 1 saturated carbocycles. The molecule has 1 aromatic heterocycles. The van der Waals surface area contributed by atoms with E-state index in [2.05, 4.69) is 11.1 Å². The second-order valence-corrected chi connectivity index (χ2v) is 3.86. The molecule has 1 aromatic rings. The molecule has 1 aliphatic rings. The summed E-state index contributed by atoms with van der Waals surface area (Å²) in [6.07, 6.45) is 7.50. The smallest absolute Gasteiger partial charge is 0.176 e. The third-order valence-corrected chi connectivity index (χ3v) is 2.97. The van der Waals surface area contributed by atoms with E-state index < -0.39 is 0 Å². The molecule has 0 spiro atoms. The summed E-state index contributed by atoms with van der Waals surface area (Å²) < 4.78 is 1.87. The fraction of sp³-hybridized carbons (Fsp3) is 0.545. The van der Waals surface area contributed by atoms with Crippen molar-refractivity contribution in [3.8, 4) is 12.1 Å². The van der Waals surface area contributed by atoms with Crippen LogP contribution in [-0.2, 0) is 0 Å². The summed E-state index contributed by atoms with van der Waals surface area (Å²) >= 11 is 0. The molecule has 0 saturated heterocycles. The molecule has 0 radical (unpaired) electrons. The zero-order chi connectivity index (χ0) is 10.7. The van der Waals surface area contributed by atoms with Crippen molar-refractivity contribution >= 4 is 0 Å². The third kappa shape index (κ3) is 1.71. The van der Waals surface area contributed by atoms with Gasteiger partial charge in [0.15, 0.2) is 11.4 Å². The number of nitrogens with zero attached hydrogens (tertiary/aromatic N) is 4. The van der Waals surface area contributed by atoms with Crippen LogP contribution in [0, 0.1) is 22.7 Å². The van der Waals surface area contributed by atoms with Gasteiger partial charge in [-0.15, -0.1) is 0 Å². The first-order valence-corrected chi connectivity index (χ1v) is 5.24. The zero-order valence-corrected chi connectivity index (χ0v) is 8.48. The maximum atomic E-state index is 8.99. The van der Waals surface area contributed by atoms with E-state index >= 15 is 0 Å². The Balaban J connectivity index is 2.32. The topological polar surface area (TPSA) is 65.4 Å². The van der Waals surface area contributed by atoms with Gasteiger partial charge in [0.2, 0.25) is 0 Å². The van der Waals surface area contributed by atoms with Crippen molar-refractivity contribution < 1.29 is 0 Å². The Morgan fingerprint density at radius 1 is 1.20 bits per heavy atom. The van der Waals surface area contributed by atoms with E-state index in [1.165, 1.54) is 19.3 Å². The monoisotopic (exact) mass is 200 g/mol. The molecular formula is C11H12N4. The SMILES string of the molecule is N#Cc1ncn(C2CCCCC2)c1C#N. The Kier molecular flexibility index (Phi) is 2.69. The molecule has 4 nitrogen and oxygen atoms in total. The van der Waals surface area contributed by atoms with E-state index in [-0.39, 0.29) is 5.69 Å². The highest BCUT2D eigenvalue weighted by Gasteiger charge is 2.20. The van der Waals surface area contributed by atoms with Gasteiger partial charge in [-0.1, -0.05) is 19.3 Å². The van der Waals surface area contributed by atoms with Gasteiger partial charge in [-0.2, -0.15) is 10.5 Å². The highest BCUT2D eigenvalue weighted by molar-refractivity contribution is 5.36. The van der Waals surface area contributed by atoms with Gasteiger partial charge >= 0.3 is 0 Å². The molecule has 1 aliphatic carbocycles. The number of rotatable bonds is 1. The zero-order valence-electron chi connectivity index (χ0n) is 8.48. The van der Waals surface area contributed by atoms with Crippen LogP contribution in [0.5, 0.6) is 0 Å². The molecule has 1 fully saturated rings. The average Bonchev–Trinajstić information content (AvgIpc) is 2.72. The molecule has 2 rings (SSSR count). The Morgan fingerprint density at radius 3 is 2.53 bits per heavy atom. The first-order chi connectivity index (χ1) is 7.36. The van der Waals surface area contributed by atoms with Gasteiger partial charge in [-0.05, 0) is 12.8 Å². The van der Waals surface area contributed by atoms with Crippen molar-refractivity contribution in [3.63, 3.8) is 0 Å². The number of hydrogen-bond acceptors (Lipinski definition) is 3. The summed E-state index contributed by atoms with van der Waals surface area (Å²) in [7, 11) is 0. The van der Waals surface area contributed by atoms with Crippen molar-refractivity contribution in [3.05, 3.63) is 17.7 Å². The molecule has 0 bridgehead atoms. The van der Waals surface area contributed by atoms with Crippen LogP contribution < -0.4 is 0 Å². The fourth-order valence-electron chi connectivity index (χ4n) is 2.19. The van der Waals surface area contributed by atoms with Crippen LogP contribution in [0.25, 0.3) is 0 Å². The van der Waals surface area contributed by atoms with Gasteiger partial charge in [-0.25, -0.2) is 4.98 Å². The third-order valence-electron chi connectivity index (χ3n) is 2.97. The van der Waals surface area contributed by atoms with Gasteiger partial charge in [0.1, 0.15) is 12.1 Å². The number of hydrogen-bond donors (Lipinski definition) is 0. The lowest BCUT2D eigenvalue weighted by molar-refractivity contribution is 0.351. The van der Waals surface area contributed by atoms with Gasteiger partial charge in [-0.3, -0.25) is 0 Å². The van der Waals surface area contributed by atoms with Crippen molar-refractivity contribution in [1.82, 2.24) is 9.55 Å². The Hall–Kier alpha value is -1.81. The molecule has 76 valence electrons. The second-order valence-electron chi connectivity index (χ2n) is 3.86. The van der Waals surface area contributed by atoms with Crippen molar-refractivity contribution in [1.29, 1.82) is 10.5 Å². The highest BCUT2D eigenvalue weighted by atomic mass is 15.1. The maximum Gasteiger partial charge on any atom is 0.176 e. The Bertz CT molecular complexity index is 426. The maximum absolute atomic E-state index is 8.99. The minimum absolute atomic E-state index is 0.253. The van der Waals surface area contributed by atoms with Crippen LogP contribution in [0.1, 0.15) is 49.5 Å². The van der Waals surface area contributed by atoms with Gasteiger partial charge in [0, 0.05) is 6.04 Å². The largest absolute Gasteiger partial charge is 0.318 e. The molecule has 0 unspecified atom stereocenters. The molecule has 0 atom stereocenters. The van der Waals surface area contributed by atoms with E-state index in [9.17, 15) is 0 Å². The highest BCUT2D eigenvalue weighted by Crippen LogP contribution is 2.29. The first-order valence-electron chi connectivity index (χ1n) is 5.24. The van der Waals surface area contributed by atoms with E-state index in [4.69, 9.17) is 10.5 Å².